The highest BCUT2D eigenvalue weighted by Gasteiger charge is 2.40. The van der Waals surface area contributed by atoms with E-state index in [1.54, 1.807) is 17.4 Å². The van der Waals surface area contributed by atoms with E-state index in [2.05, 4.69) is 18.7 Å². The van der Waals surface area contributed by atoms with Gasteiger partial charge in [0.25, 0.3) is 0 Å². The smallest absolute Gasteiger partial charge is 0.155 e. The monoisotopic (exact) mass is 292 g/mol. The zero-order chi connectivity index (χ0) is 15.1. The highest BCUT2D eigenvalue weighted by Crippen LogP contribution is 2.42. The van der Waals surface area contributed by atoms with Crippen LogP contribution in [0.2, 0.25) is 0 Å². The molecular formula is C18H16N2S. The van der Waals surface area contributed by atoms with E-state index in [0.717, 1.165) is 10.4 Å². The fourth-order valence-corrected chi connectivity index (χ4v) is 3.45. The number of hydrogen-bond donors (Lipinski definition) is 0. The van der Waals surface area contributed by atoms with Crippen LogP contribution >= 0.6 is 11.3 Å². The molecule has 1 aromatic carbocycles. The van der Waals surface area contributed by atoms with Gasteiger partial charge in [-0.2, -0.15) is 10.5 Å². The molecule has 1 unspecified atom stereocenters. The van der Waals surface area contributed by atoms with Gasteiger partial charge in [0.1, 0.15) is 0 Å². The van der Waals surface area contributed by atoms with Crippen LogP contribution in [0, 0.1) is 28.1 Å². The average Bonchev–Trinajstić information content (AvgIpc) is 3.06. The van der Waals surface area contributed by atoms with Crippen LogP contribution in [0.5, 0.6) is 0 Å². The third-order valence-electron chi connectivity index (χ3n) is 3.61. The van der Waals surface area contributed by atoms with Crippen LogP contribution in [0.4, 0.5) is 0 Å². The van der Waals surface area contributed by atoms with E-state index < -0.39 is 5.41 Å². The fourth-order valence-electron chi connectivity index (χ4n) is 2.52. The topological polar surface area (TPSA) is 47.6 Å². The lowest BCUT2D eigenvalue weighted by Gasteiger charge is -2.27. The molecule has 2 rings (SSSR count). The van der Waals surface area contributed by atoms with E-state index in [1.165, 1.54) is 0 Å². The molecule has 0 amide bonds. The Morgan fingerprint density at radius 1 is 1.14 bits per heavy atom. The van der Waals surface area contributed by atoms with E-state index in [4.69, 9.17) is 0 Å². The van der Waals surface area contributed by atoms with Crippen molar-refractivity contribution in [2.75, 3.05) is 0 Å². The predicted molar refractivity (Wildman–Crippen MR) is 85.7 cm³/mol. The van der Waals surface area contributed by atoms with E-state index in [1.807, 2.05) is 47.8 Å². The van der Waals surface area contributed by atoms with Crippen LogP contribution < -0.4 is 0 Å². The first kappa shape index (κ1) is 15.0. The molecule has 21 heavy (non-hydrogen) atoms. The summed E-state index contributed by atoms with van der Waals surface area (Å²) in [4.78, 5) is 1.06. The Morgan fingerprint density at radius 2 is 1.86 bits per heavy atom. The summed E-state index contributed by atoms with van der Waals surface area (Å²) in [6, 6.07) is 18.2. The lowest BCUT2D eigenvalue weighted by atomic mass is 9.71. The van der Waals surface area contributed by atoms with Crippen LogP contribution in [0.25, 0.3) is 0 Å². The van der Waals surface area contributed by atoms with Gasteiger partial charge >= 0.3 is 0 Å². The van der Waals surface area contributed by atoms with E-state index in [-0.39, 0.29) is 5.92 Å². The highest BCUT2D eigenvalue weighted by molar-refractivity contribution is 7.10. The van der Waals surface area contributed by atoms with Crippen molar-refractivity contribution in [2.24, 2.45) is 5.41 Å². The normalized spacial score (nSPS) is 12.1. The van der Waals surface area contributed by atoms with Crippen molar-refractivity contribution in [1.82, 2.24) is 0 Å². The van der Waals surface area contributed by atoms with Gasteiger partial charge in [-0.15, -0.1) is 17.9 Å². The van der Waals surface area contributed by atoms with Crippen molar-refractivity contribution in [3.8, 4) is 12.1 Å². The van der Waals surface area contributed by atoms with Gasteiger partial charge in [-0.1, -0.05) is 42.5 Å². The first-order valence-corrected chi connectivity index (χ1v) is 7.64. The van der Waals surface area contributed by atoms with Crippen LogP contribution in [-0.2, 0) is 6.42 Å². The summed E-state index contributed by atoms with van der Waals surface area (Å²) in [6.07, 6.45) is 2.84. The molecule has 2 nitrogen and oxygen atoms in total. The van der Waals surface area contributed by atoms with Gasteiger partial charge in [0.2, 0.25) is 0 Å². The maximum atomic E-state index is 9.73. The standard InChI is InChI=1S/C18H16N2S/c1-2-7-16(17-10-6-11-21-17)18(13-19,14-20)12-15-8-4-3-5-9-15/h2-6,8-11,16H,1,7,12H2. The highest BCUT2D eigenvalue weighted by atomic mass is 32.1. The Kier molecular flexibility index (Phi) is 4.93. The average molecular weight is 292 g/mol. The molecule has 2 aromatic rings. The van der Waals surface area contributed by atoms with Crippen molar-refractivity contribution in [1.29, 1.82) is 10.5 Å². The molecule has 1 aromatic heterocycles. The number of rotatable bonds is 6. The molecule has 0 bridgehead atoms. The molecule has 0 radical (unpaired) electrons. The number of nitriles is 2. The number of benzene rings is 1. The minimum atomic E-state index is -1.07. The first-order chi connectivity index (χ1) is 10.3. The molecule has 104 valence electrons. The van der Waals surface area contributed by atoms with E-state index >= 15 is 0 Å². The molecular weight excluding hydrogens is 276 g/mol. The molecule has 0 aliphatic heterocycles. The molecule has 0 spiro atoms. The lowest BCUT2D eigenvalue weighted by Crippen LogP contribution is -2.28. The van der Waals surface area contributed by atoms with E-state index in [9.17, 15) is 10.5 Å². The van der Waals surface area contributed by atoms with Gasteiger partial charge in [-0.3, -0.25) is 0 Å². The van der Waals surface area contributed by atoms with Crippen molar-refractivity contribution in [3.63, 3.8) is 0 Å². The first-order valence-electron chi connectivity index (χ1n) is 6.76. The third-order valence-corrected chi connectivity index (χ3v) is 4.59. The van der Waals surface area contributed by atoms with E-state index in [0.29, 0.717) is 12.8 Å². The minimum absolute atomic E-state index is 0.148. The van der Waals surface area contributed by atoms with Crippen molar-refractivity contribution in [2.45, 2.75) is 18.8 Å². The molecule has 0 saturated carbocycles. The zero-order valence-electron chi connectivity index (χ0n) is 11.7. The Balaban J connectivity index is 2.42. The van der Waals surface area contributed by atoms with Crippen molar-refractivity contribution < 1.29 is 0 Å². The molecule has 1 heterocycles. The number of hydrogen-bond acceptors (Lipinski definition) is 3. The second-order valence-corrected chi connectivity index (χ2v) is 5.93. The fraction of sp³-hybridized carbons (Fsp3) is 0.222. The minimum Gasteiger partial charge on any atom is -0.197 e. The molecule has 0 N–H and O–H groups in total. The van der Waals surface area contributed by atoms with Crippen LogP contribution in [0.3, 0.4) is 0 Å². The summed E-state index contributed by atoms with van der Waals surface area (Å²) in [7, 11) is 0. The Bertz CT molecular complexity index is 645. The van der Waals surface area contributed by atoms with Gasteiger partial charge in [-0.25, -0.2) is 0 Å². The summed E-state index contributed by atoms with van der Waals surface area (Å²) < 4.78 is 0. The summed E-state index contributed by atoms with van der Waals surface area (Å²) >= 11 is 1.59. The van der Waals surface area contributed by atoms with Gasteiger partial charge in [0.15, 0.2) is 5.41 Å². The SMILES string of the molecule is C=CCC(c1cccs1)C(C#N)(C#N)Cc1ccccc1. The van der Waals surface area contributed by atoms with Gasteiger partial charge in [0.05, 0.1) is 12.1 Å². The molecule has 3 heteroatoms. The maximum absolute atomic E-state index is 9.73. The molecule has 0 aliphatic carbocycles. The van der Waals surface area contributed by atoms with Gasteiger partial charge < -0.3 is 0 Å². The summed E-state index contributed by atoms with van der Waals surface area (Å²) in [5.74, 6) is -0.148. The number of nitrogens with zero attached hydrogens (tertiary/aromatic N) is 2. The predicted octanol–water partition coefficient (Wildman–Crippen LogP) is 4.68. The van der Waals surface area contributed by atoms with Crippen LogP contribution in [-0.4, -0.2) is 0 Å². The molecule has 0 fully saturated rings. The second kappa shape index (κ2) is 6.88. The quantitative estimate of drug-likeness (QED) is 0.725. The van der Waals surface area contributed by atoms with Crippen molar-refractivity contribution >= 4 is 11.3 Å². The third kappa shape index (κ3) is 3.21. The van der Waals surface area contributed by atoms with Gasteiger partial charge in [0, 0.05) is 17.2 Å². The Labute approximate surface area is 129 Å². The van der Waals surface area contributed by atoms with Crippen LogP contribution in [0.1, 0.15) is 22.8 Å². The Morgan fingerprint density at radius 3 is 2.38 bits per heavy atom. The zero-order valence-corrected chi connectivity index (χ0v) is 12.5. The summed E-state index contributed by atoms with van der Waals surface area (Å²) in [5.41, 5.74) is -0.0633. The molecule has 0 aliphatic rings. The second-order valence-electron chi connectivity index (χ2n) is 4.95. The number of thiophene rings is 1. The molecule has 0 saturated heterocycles. The molecule has 1 atom stereocenters. The van der Waals surface area contributed by atoms with Crippen LogP contribution in [0.15, 0.2) is 60.5 Å². The lowest BCUT2D eigenvalue weighted by molar-refractivity contribution is 0.413. The van der Waals surface area contributed by atoms with Gasteiger partial charge in [-0.05, 0) is 23.4 Å². The maximum Gasteiger partial charge on any atom is 0.155 e. The van der Waals surface area contributed by atoms with Crippen molar-refractivity contribution in [3.05, 3.63) is 70.9 Å². The summed E-state index contributed by atoms with van der Waals surface area (Å²) in [6.45, 7) is 3.79. The number of allylic oxidation sites excluding steroid dienone is 1. The summed E-state index contributed by atoms with van der Waals surface area (Å²) in [5, 5.41) is 21.4. The largest absolute Gasteiger partial charge is 0.197 e. The Hall–Kier alpha value is -2.36.